The van der Waals surface area contributed by atoms with Gasteiger partial charge in [0.2, 0.25) is 0 Å². The number of halogens is 1. The fourth-order valence-corrected chi connectivity index (χ4v) is 5.18. The van der Waals surface area contributed by atoms with Crippen LogP contribution in [0.3, 0.4) is 0 Å². The predicted octanol–water partition coefficient (Wildman–Crippen LogP) is 7.58. The number of hydrogen-bond donors (Lipinski definition) is 0. The topological polar surface area (TPSA) is 57.7 Å². The minimum absolute atomic E-state index is 0.201. The second kappa shape index (κ2) is 11.3. The highest BCUT2D eigenvalue weighted by atomic mass is 19.1. The van der Waals surface area contributed by atoms with Gasteiger partial charge in [0.1, 0.15) is 5.82 Å². The van der Waals surface area contributed by atoms with Crippen LogP contribution in [0.5, 0.6) is 0 Å². The maximum absolute atomic E-state index is 13.8. The minimum atomic E-state index is -0.831. The number of carbonyl (C=O) groups is 1. The molecule has 38 heavy (non-hydrogen) atoms. The summed E-state index contributed by atoms with van der Waals surface area (Å²) in [5.74, 6) is -0.917. The minimum Gasteiger partial charge on any atom is -0.466 e. The van der Waals surface area contributed by atoms with Crippen LogP contribution in [-0.2, 0) is 19.0 Å². The molecule has 1 aliphatic heterocycles. The number of ether oxygens (including phenoxy) is 3. The Morgan fingerprint density at radius 1 is 1.13 bits per heavy atom. The smallest absolute Gasteiger partial charge is 0.308 e. The summed E-state index contributed by atoms with van der Waals surface area (Å²) in [6.45, 7) is 6.26. The van der Waals surface area contributed by atoms with Crippen molar-refractivity contribution in [3.05, 3.63) is 71.7 Å². The summed E-state index contributed by atoms with van der Waals surface area (Å²) in [4.78, 5) is 17.4. The third-order valence-electron chi connectivity index (χ3n) is 7.07. The van der Waals surface area contributed by atoms with Crippen molar-refractivity contribution >= 4 is 22.9 Å². The van der Waals surface area contributed by atoms with E-state index in [0.717, 1.165) is 59.0 Å². The van der Waals surface area contributed by atoms with Gasteiger partial charge in [0.05, 0.1) is 36.4 Å². The third-order valence-corrected chi connectivity index (χ3v) is 7.07. The largest absolute Gasteiger partial charge is 0.466 e. The first kappa shape index (κ1) is 26.5. The average Bonchev–Trinajstić information content (AvgIpc) is 3.72. The monoisotopic (exact) mass is 517 g/mol. The van der Waals surface area contributed by atoms with Crippen molar-refractivity contribution in [2.24, 2.45) is 0 Å². The number of rotatable bonds is 9. The van der Waals surface area contributed by atoms with Crippen molar-refractivity contribution in [1.29, 1.82) is 0 Å². The maximum Gasteiger partial charge on any atom is 0.308 e. The molecule has 2 unspecified atom stereocenters. The van der Waals surface area contributed by atoms with E-state index in [1.54, 1.807) is 0 Å². The summed E-state index contributed by atoms with van der Waals surface area (Å²) in [7, 11) is 0. The van der Waals surface area contributed by atoms with Crippen LogP contribution in [0.2, 0.25) is 0 Å². The van der Waals surface area contributed by atoms with Crippen LogP contribution in [0.4, 0.5) is 4.39 Å². The zero-order valence-electron chi connectivity index (χ0n) is 22.4. The second-order valence-electron chi connectivity index (χ2n) is 10.8. The Labute approximate surface area is 224 Å². The summed E-state index contributed by atoms with van der Waals surface area (Å²) in [5.41, 5.74) is 5.06. The molecule has 6 heteroatoms. The SMILES string of the molecule is CCCCOC(=O)CC1CC(/C=C/c2c(C3CC3)nc3ccccc3c2-c2ccc(F)cc2)OC(C)(C)O1. The van der Waals surface area contributed by atoms with Crippen molar-refractivity contribution in [1.82, 2.24) is 4.98 Å². The summed E-state index contributed by atoms with van der Waals surface area (Å²) in [6.07, 6.45) is 8.43. The van der Waals surface area contributed by atoms with E-state index in [9.17, 15) is 9.18 Å². The van der Waals surface area contributed by atoms with Crippen LogP contribution in [0.25, 0.3) is 28.1 Å². The van der Waals surface area contributed by atoms with Crippen LogP contribution in [0, 0.1) is 5.82 Å². The molecule has 2 fully saturated rings. The van der Waals surface area contributed by atoms with Crippen molar-refractivity contribution in [3.8, 4) is 11.1 Å². The predicted molar refractivity (Wildman–Crippen MR) is 147 cm³/mol. The van der Waals surface area contributed by atoms with Gasteiger partial charge in [0, 0.05) is 28.9 Å². The molecule has 2 heterocycles. The summed E-state index contributed by atoms with van der Waals surface area (Å²) >= 11 is 0. The van der Waals surface area contributed by atoms with Gasteiger partial charge in [-0.25, -0.2) is 4.39 Å². The molecule has 2 aliphatic rings. The Hall–Kier alpha value is -3.09. The van der Waals surface area contributed by atoms with E-state index in [2.05, 4.69) is 25.1 Å². The molecular weight excluding hydrogens is 481 g/mol. The molecule has 2 aromatic carbocycles. The van der Waals surface area contributed by atoms with Crippen LogP contribution < -0.4 is 0 Å². The molecule has 1 saturated carbocycles. The fourth-order valence-electron chi connectivity index (χ4n) is 5.18. The van der Waals surface area contributed by atoms with Gasteiger partial charge in [-0.2, -0.15) is 0 Å². The normalized spacial score (nSPS) is 21.2. The number of fused-ring (bicyclic) bond motifs is 1. The van der Waals surface area contributed by atoms with Crippen molar-refractivity contribution in [2.75, 3.05) is 6.61 Å². The molecule has 2 atom stereocenters. The Morgan fingerprint density at radius 2 is 1.89 bits per heavy atom. The molecule has 0 bridgehead atoms. The summed E-state index contributed by atoms with van der Waals surface area (Å²) in [5, 5.41) is 1.03. The molecule has 1 aromatic heterocycles. The number of para-hydroxylation sites is 1. The van der Waals surface area contributed by atoms with Crippen molar-refractivity contribution in [2.45, 2.75) is 83.2 Å². The maximum atomic E-state index is 13.8. The molecule has 200 valence electrons. The first-order valence-electron chi connectivity index (χ1n) is 13.7. The van der Waals surface area contributed by atoms with E-state index in [1.807, 2.05) is 44.2 Å². The number of hydrogen-bond acceptors (Lipinski definition) is 5. The molecular formula is C32H36FNO4. The summed E-state index contributed by atoms with van der Waals surface area (Å²) < 4.78 is 31.5. The van der Waals surface area contributed by atoms with Gasteiger partial charge in [0.25, 0.3) is 0 Å². The number of benzene rings is 2. The van der Waals surface area contributed by atoms with Gasteiger partial charge < -0.3 is 14.2 Å². The number of esters is 1. The zero-order chi connectivity index (χ0) is 26.7. The standard InChI is InChI=1S/C32H36FNO4/c1-4-5-18-36-29(35)20-25-19-24(37-32(2,3)38-25)16-17-27-30(21-12-14-23(33)15-13-21)26-8-6-7-9-28(26)34-31(27)22-10-11-22/h6-9,12-17,22,24-25H,4-5,10-11,18-20H2,1-3H3/b17-16+. The lowest BCUT2D eigenvalue weighted by atomic mass is 9.92. The molecule has 0 radical (unpaired) electrons. The third kappa shape index (κ3) is 6.30. The van der Waals surface area contributed by atoms with Crippen LogP contribution >= 0.6 is 0 Å². The highest BCUT2D eigenvalue weighted by Gasteiger charge is 2.36. The molecule has 3 aromatic rings. The molecule has 5 nitrogen and oxygen atoms in total. The van der Waals surface area contributed by atoms with Crippen LogP contribution in [0.15, 0.2) is 54.6 Å². The van der Waals surface area contributed by atoms with Gasteiger partial charge in [0.15, 0.2) is 5.79 Å². The molecule has 0 amide bonds. The highest BCUT2D eigenvalue weighted by Crippen LogP contribution is 2.45. The van der Waals surface area contributed by atoms with Crippen molar-refractivity contribution < 1.29 is 23.4 Å². The molecule has 1 aliphatic carbocycles. The second-order valence-corrected chi connectivity index (χ2v) is 10.8. The molecule has 1 saturated heterocycles. The number of nitrogens with zero attached hydrogens (tertiary/aromatic N) is 1. The lowest BCUT2D eigenvalue weighted by Crippen LogP contribution is -2.44. The first-order valence-corrected chi connectivity index (χ1v) is 13.7. The van der Waals surface area contributed by atoms with E-state index in [0.29, 0.717) is 18.9 Å². The highest BCUT2D eigenvalue weighted by molar-refractivity contribution is 5.99. The Bertz CT molecular complexity index is 1310. The Morgan fingerprint density at radius 3 is 2.63 bits per heavy atom. The number of carbonyl (C=O) groups excluding carboxylic acids is 1. The fraction of sp³-hybridized carbons (Fsp3) is 0.438. The van der Waals surface area contributed by atoms with Crippen LogP contribution in [-0.4, -0.2) is 35.6 Å². The van der Waals surface area contributed by atoms with Gasteiger partial charge in [-0.3, -0.25) is 9.78 Å². The Kier molecular flexibility index (Phi) is 7.91. The van der Waals surface area contributed by atoms with Gasteiger partial charge in [-0.05, 0) is 56.9 Å². The number of aromatic nitrogens is 1. The number of unbranched alkanes of at least 4 members (excludes halogenated alkanes) is 1. The molecule has 0 spiro atoms. The van der Waals surface area contributed by atoms with Gasteiger partial charge in [-0.15, -0.1) is 0 Å². The Balaban J connectivity index is 1.48. The van der Waals surface area contributed by atoms with E-state index in [4.69, 9.17) is 19.2 Å². The van der Waals surface area contributed by atoms with Crippen molar-refractivity contribution in [3.63, 3.8) is 0 Å². The van der Waals surface area contributed by atoms with E-state index in [-0.39, 0.29) is 30.4 Å². The van der Waals surface area contributed by atoms with Gasteiger partial charge in [-0.1, -0.05) is 55.8 Å². The average molecular weight is 518 g/mol. The number of pyridine rings is 1. The molecule has 5 rings (SSSR count). The lowest BCUT2D eigenvalue weighted by Gasteiger charge is -2.39. The summed E-state index contributed by atoms with van der Waals surface area (Å²) in [6, 6.07) is 14.8. The lowest BCUT2D eigenvalue weighted by molar-refractivity contribution is -0.290. The van der Waals surface area contributed by atoms with Crippen LogP contribution in [0.1, 0.15) is 76.5 Å². The quantitative estimate of drug-likeness (QED) is 0.216. The van der Waals surface area contributed by atoms with Gasteiger partial charge >= 0.3 is 5.97 Å². The van der Waals surface area contributed by atoms with E-state index in [1.165, 1.54) is 12.1 Å². The van der Waals surface area contributed by atoms with E-state index < -0.39 is 5.79 Å². The molecule has 0 N–H and O–H groups in total. The zero-order valence-corrected chi connectivity index (χ0v) is 22.4. The first-order chi connectivity index (χ1) is 18.3. The van der Waals surface area contributed by atoms with E-state index >= 15 is 0 Å².